The van der Waals surface area contributed by atoms with Crippen molar-refractivity contribution in [3.8, 4) is 5.75 Å². The van der Waals surface area contributed by atoms with E-state index in [9.17, 15) is 9.59 Å². The van der Waals surface area contributed by atoms with Crippen LogP contribution in [0.15, 0.2) is 12.1 Å². The average Bonchev–Trinajstić information content (AvgIpc) is 2.52. The van der Waals surface area contributed by atoms with E-state index in [1.54, 1.807) is 17.0 Å². The lowest BCUT2D eigenvalue weighted by Crippen LogP contribution is -2.40. The zero-order chi connectivity index (χ0) is 17.0. The normalized spacial score (nSPS) is 17.9. The Morgan fingerprint density at radius 1 is 1.35 bits per heavy atom. The molecule has 1 atom stereocenters. The Bertz CT molecular complexity index is 583. The standard InChI is InChI=1S/C16H19Cl2NO4/c1-23-15-12(17)7-11(8-13(15)18)16(22)19-6-2-3-10(9-19)4-5-14(20)21/h7-8,10H,2-6,9H2,1H3,(H,20,21)/t10-/m0/s1. The van der Waals surface area contributed by atoms with Crippen LogP contribution in [0.5, 0.6) is 5.75 Å². The summed E-state index contributed by atoms with van der Waals surface area (Å²) in [6.07, 6.45) is 2.53. The molecule has 5 nitrogen and oxygen atoms in total. The van der Waals surface area contributed by atoms with Gasteiger partial charge in [-0.1, -0.05) is 23.2 Å². The van der Waals surface area contributed by atoms with Crippen LogP contribution in [-0.4, -0.2) is 42.1 Å². The monoisotopic (exact) mass is 359 g/mol. The van der Waals surface area contributed by atoms with Gasteiger partial charge >= 0.3 is 5.97 Å². The number of carbonyl (C=O) groups is 2. The first-order valence-corrected chi connectivity index (χ1v) is 8.22. The molecule has 126 valence electrons. The molecule has 1 aromatic rings. The molecule has 1 aliphatic heterocycles. The lowest BCUT2D eigenvalue weighted by atomic mass is 9.93. The summed E-state index contributed by atoms with van der Waals surface area (Å²) in [6, 6.07) is 3.10. The molecule has 7 heteroatoms. The predicted octanol–water partition coefficient (Wildman–Crippen LogP) is 3.72. The van der Waals surface area contributed by atoms with Gasteiger partial charge in [-0.05, 0) is 37.3 Å². The minimum Gasteiger partial charge on any atom is -0.494 e. The van der Waals surface area contributed by atoms with E-state index in [2.05, 4.69) is 0 Å². The molecule has 0 aromatic heterocycles. The highest BCUT2D eigenvalue weighted by atomic mass is 35.5. The minimum atomic E-state index is -0.804. The summed E-state index contributed by atoms with van der Waals surface area (Å²) in [4.78, 5) is 25.1. The average molecular weight is 360 g/mol. The van der Waals surface area contributed by atoms with Gasteiger partial charge in [-0.15, -0.1) is 0 Å². The summed E-state index contributed by atoms with van der Waals surface area (Å²) in [5.41, 5.74) is 0.416. The van der Waals surface area contributed by atoms with Crippen LogP contribution >= 0.6 is 23.2 Å². The van der Waals surface area contributed by atoms with Crippen molar-refractivity contribution in [1.29, 1.82) is 0 Å². The number of hydrogen-bond acceptors (Lipinski definition) is 3. The molecular formula is C16H19Cl2NO4. The van der Waals surface area contributed by atoms with E-state index in [-0.39, 0.29) is 18.2 Å². The van der Waals surface area contributed by atoms with Gasteiger partial charge < -0.3 is 14.7 Å². The fourth-order valence-corrected chi connectivity index (χ4v) is 3.52. The van der Waals surface area contributed by atoms with Crippen molar-refractivity contribution >= 4 is 35.1 Å². The van der Waals surface area contributed by atoms with Gasteiger partial charge in [0, 0.05) is 25.1 Å². The molecule has 23 heavy (non-hydrogen) atoms. The zero-order valence-electron chi connectivity index (χ0n) is 12.8. The number of piperidine rings is 1. The molecule has 0 bridgehead atoms. The molecule has 2 rings (SSSR count). The van der Waals surface area contributed by atoms with Crippen LogP contribution in [0.1, 0.15) is 36.0 Å². The minimum absolute atomic E-state index is 0.132. The van der Waals surface area contributed by atoms with Gasteiger partial charge in [-0.3, -0.25) is 9.59 Å². The first-order valence-electron chi connectivity index (χ1n) is 7.46. The SMILES string of the molecule is COc1c(Cl)cc(C(=O)N2CCC[C@@H](CCC(=O)O)C2)cc1Cl. The van der Waals surface area contributed by atoms with Crippen LogP contribution < -0.4 is 4.74 Å². The van der Waals surface area contributed by atoms with Crippen molar-refractivity contribution in [3.63, 3.8) is 0 Å². The summed E-state index contributed by atoms with van der Waals surface area (Å²) in [5, 5.41) is 9.37. The van der Waals surface area contributed by atoms with Gasteiger partial charge in [0.25, 0.3) is 5.91 Å². The van der Waals surface area contributed by atoms with E-state index in [1.165, 1.54) is 7.11 Å². The van der Waals surface area contributed by atoms with Crippen molar-refractivity contribution in [1.82, 2.24) is 4.90 Å². The van der Waals surface area contributed by atoms with E-state index in [1.807, 2.05) is 0 Å². The Kier molecular flexibility index (Phi) is 6.13. The molecule has 1 fully saturated rings. The van der Waals surface area contributed by atoms with E-state index in [0.29, 0.717) is 40.9 Å². The van der Waals surface area contributed by atoms with Crippen LogP contribution in [-0.2, 0) is 4.79 Å². The molecule has 0 unspecified atom stereocenters. The van der Waals surface area contributed by atoms with Crippen molar-refractivity contribution in [2.75, 3.05) is 20.2 Å². The van der Waals surface area contributed by atoms with Gasteiger partial charge in [0.1, 0.15) is 0 Å². The Morgan fingerprint density at radius 2 is 2.00 bits per heavy atom. The number of nitrogens with zero attached hydrogens (tertiary/aromatic N) is 1. The van der Waals surface area contributed by atoms with E-state index in [4.69, 9.17) is 33.0 Å². The second kappa shape index (κ2) is 7.88. The van der Waals surface area contributed by atoms with Crippen molar-refractivity contribution in [2.45, 2.75) is 25.7 Å². The largest absolute Gasteiger partial charge is 0.494 e. The topological polar surface area (TPSA) is 66.8 Å². The molecule has 1 aromatic carbocycles. The number of carboxylic acids is 1. The number of rotatable bonds is 5. The van der Waals surface area contributed by atoms with Gasteiger partial charge in [0.15, 0.2) is 5.75 Å². The van der Waals surface area contributed by atoms with E-state index < -0.39 is 5.97 Å². The molecule has 1 saturated heterocycles. The van der Waals surface area contributed by atoms with Crippen LogP contribution in [0, 0.1) is 5.92 Å². The van der Waals surface area contributed by atoms with Crippen molar-refractivity contribution in [3.05, 3.63) is 27.7 Å². The molecular weight excluding hydrogens is 341 g/mol. The smallest absolute Gasteiger partial charge is 0.303 e. The summed E-state index contributed by atoms with van der Waals surface area (Å²) in [5.74, 6) is -0.380. The highest BCUT2D eigenvalue weighted by molar-refractivity contribution is 6.37. The van der Waals surface area contributed by atoms with Crippen LogP contribution in [0.25, 0.3) is 0 Å². The number of ether oxygens (including phenoxy) is 1. The lowest BCUT2D eigenvalue weighted by Gasteiger charge is -2.32. The predicted molar refractivity (Wildman–Crippen MR) is 88.5 cm³/mol. The molecule has 0 aliphatic carbocycles. The molecule has 1 heterocycles. The van der Waals surface area contributed by atoms with Crippen molar-refractivity contribution < 1.29 is 19.4 Å². The fraction of sp³-hybridized carbons (Fsp3) is 0.500. The third kappa shape index (κ3) is 4.52. The number of carboxylic acid groups (broad SMARTS) is 1. The first kappa shape index (κ1) is 17.9. The zero-order valence-corrected chi connectivity index (χ0v) is 14.4. The third-order valence-electron chi connectivity index (χ3n) is 4.02. The Hall–Kier alpha value is -1.46. The Labute approximate surface area is 145 Å². The number of benzene rings is 1. The summed E-state index contributed by atoms with van der Waals surface area (Å²) in [7, 11) is 1.46. The molecule has 0 spiro atoms. The Balaban J connectivity index is 2.09. The number of amides is 1. The maximum atomic E-state index is 12.6. The van der Waals surface area contributed by atoms with E-state index >= 15 is 0 Å². The highest BCUT2D eigenvalue weighted by Crippen LogP contribution is 2.34. The summed E-state index contributed by atoms with van der Waals surface area (Å²) >= 11 is 12.2. The first-order chi connectivity index (χ1) is 10.9. The highest BCUT2D eigenvalue weighted by Gasteiger charge is 2.25. The molecule has 0 saturated carbocycles. The van der Waals surface area contributed by atoms with E-state index in [0.717, 1.165) is 12.8 Å². The van der Waals surface area contributed by atoms with Crippen molar-refractivity contribution in [2.24, 2.45) is 5.92 Å². The quantitative estimate of drug-likeness (QED) is 0.869. The van der Waals surface area contributed by atoms with Gasteiger partial charge in [0.05, 0.1) is 17.2 Å². The van der Waals surface area contributed by atoms with Crippen LogP contribution in [0.4, 0.5) is 0 Å². The molecule has 1 aliphatic rings. The number of carbonyl (C=O) groups excluding carboxylic acids is 1. The maximum absolute atomic E-state index is 12.6. The van der Waals surface area contributed by atoms with Crippen LogP contribution in [0.2, 0.25) is 10.0 Å². The number of hydrogen-bond donors (Lipinski definition) is 1. The fourth-order valence-electron chi connectivity index (χ4n) is 2.87. The number of halogens is 2. The Morgan fingerprint density at radius 3 is 2.57 bits per heavy atom. The molecule has 0 radical (unpaired) electrons. The second-order valence-corrected chi connectivity index (χ2v) is 6.48. The number of methoxy groups -OCH3 is 1. The molecule has 1 amide bonds. The van der Waals surface area contributed by atoms with Gasteiger partial charge in [0.2, 0.25) is 0 Å². The second-order valence-electron chi connectivity index (χ2n) is 5.66. The van der Waals surface area contributed by atoms with Crippen LogP contribution in [0.3, 0.4) is 0 Å². The lowest BCUT2D eigenvalue weighted by molar-refractivity contribution is -0.137. The number of likely N-dealkylation sites (tertiary alicyclic amines) is 1. The summed E-state index contributed by atoms with van der Waals surface area (Å²) < 4.78 is 5.08. The maximum Gasteiger partial charge on any atom is 0.303 e. The van der Waals surface area contributed by atoms with Gasteiger partial charge in [-0.2, -0.15) is 0 Å². The number of aliphatic carboxylic acids is 1. The third-order valence-corrected chi connectivity index (χ3v) is 4.58. The van der Waals surface area contributed by atoms with Gasteiger partial charge in [-0.25, -0.2) is 0 Å². The molecule has 1 N–H and O–H groups in total. The summed E-state index contributed by atoms with van der Waals surface area (Å²) in [6.45, 7) is 1.22.